The number of carbonyl (C=O) groups is 2. The summed E-state index contributed by atoms with van der Waals surface area (Å²) >= 11 is 12.6. The molecule has 0 saturated carbocycles. The quantitative estimate of drug-likeness (QED) is 0.239. The number of furan rings is 1. The first kappa shape index (κ1) is 18.4. The van der Waals surface area contributed by atoms with Crippen molar-refractivity contribution in [3.63, 3.8) is 0 Å². The fraction of sp³-hybridized carbons (Fsp3) is 0.0556. The summed E-state index contributed by atoms with van der Waals surface area (Å²) < 4.78 is 10.7. The molecule has 5 nitrogen and oxygen atoms in total. The molecular formula is C18H12ClNO4S2. The second-order valence-corrected chi connectivity index (χ2v) is 7.22. The number of benzene rings is 1. The fourth-order valence-corrected chi connectivity index (χ4v) is 3.67. The molecule has 0 unspecified atom stereocenters. The van der Waals surface area contributed by atoms with E-state index < -0.39 is 5.97 Å². The number of hydrogen-bond acceptors (Lipinski definition) is 6. The van der Waals surface area contributed by atoms with Crippen LogP contribution in [0.15, 0.2) is 58.6 Å². The van der Waals surface area contributed by atoms with Gasteiger partial charge in [-0.25, -0.2) is 4.79 Å². The van der Waals surface area contributed by atoms with Crippen LogP contribution >= 0.6 is 35.6 Å². The lowest BCUT2D eigenvalue weighted by Crippen LogP contribution is -2.27. The fourth-order valence-electron chi connectivity index (χ4n) is 2.17. The maximum Gasteiger partial charge on any atom is 0.379 e. The molecule has 2 heterocycles. The molecule has 26 heavy (non-hydrogen) atoms. The summed E-state index contributed by atoms with van der Waals surface area (Å²) in [6.07, 6.45) is 4.68. The van der Waals surface area contributed by atoms with E-state index in [0.29, 0.717) is 21.3 Å². The zero-order chi connectivity index (χ0) is 18.7. The van der Waals surface area contributed by atoms with Gasteiger partial charge in [-0.2, -0.15) is 0 Å². The summed E-state index contributed by atoms with van der Waals surface area (Å²) in [5.41, 5.74) is 0.687. The Kier molecular flexibility index (Phi) is 5.61. The summed E-state index contributed by atoms with van der Waals surface area (Å²) in [5, 5.41) is 0.236. The number of thiocarbonyl (C=S) groups is 1. The molecule has 0 aliphatic carbocycles. The number of amides is 1. The van der Waals surface area contributed by atoms with Gasteiger partial charge >= 0.3 is 5.97 Å². The van der Waals surface area contributed by atoms with Crippen LogP contribution in [0, 0.1) is 0 Å². The Bertz CT molecular complexity index is 921. The molecule has 2 aromatic rings. The standard InChI is InChI=1S/C18H12ClNO4S2/c1-2-7-20-16(21)15(26-18(20)25)10-11-5-6-13(12(19)9-11)24-17(22)14-4-3-8-23-14/h2-6,8-10H,1,7H2/b15-10-. The highest BCUT2D eigenvalue weighted by Gasteiger charge is 2.31. The van der Waals surface area contributed by atoms with E-state index in [0.717, 1.165) is 0 Å². The maximum absolute atomic E-state index is 12.3. The SMILES string of the molecule is C=CCN1C(=O)/C(=C/c2ccc(OC(=O)c3ccco3)c(Cl)c2)SC1=S. The first-order valence-electron chi connectivity index (χ1n) is 7.41. The van der Waals surface area contributed by atoms with Gasteiger partial charge in [0.1, 0.15) is 10.1 Å². The van der Waals surface area contributed by atoms with Gasteiger partial charge in [-0.1, -0.05) is 47.7 Å². The van der Waals surface area contributed by atoms with E-state index in [-0.39, 0.29) is 22.4 Å². The number of nitrogens with zero attached hydrogens (tertiary/aromatic N) is 1. The smallest absolute Gasteiger partial charge is 0.379 e. The normalized spacial score (nSPS) is 15.6. The second-order valence-electron chi connectivity index (χ2n) is 5.14. The van der Waals surface area contributed by atoms with Crippen LogP contribution in [0.5, 0.6) is 5.75 Å². The monoisotopic (exact) mass is 405 g/mol. The lowest BCUT2D eigenvalue weighted by molar-refractivity contribution is -0.121. The van der Waals surface area contributed by atoms with Crippen LogP contribution < -0.4 is 4.74 Å². The molecular weight excluding hydrogens is 394 g/mol. The minimum absolute atomic E-state index is 0.0797. The topological polar surface area (TPSA) is 59.8 Å². The van der Waals surface area contributed by atoms with Gasteiger partial charge in [-0.3, -0.25) is 9.69 Å². The average Bonchev–Trinajstić information content (AvgIpc) is 3.22. The molecule has 0 spiro atoms. The van der Waals surface area contributed by atoms with E-state index in [1.54, 1.807) is 36.4 Å². The van der Waals surface area contributed by atoms with Gasteiger partial charge in [-0.15, -0.1) is 6.58 Å². The number of rotatable bonds is 5. The van der Waals surface area contributed by atoms with Gasteiger partial charge in [-0.05, 0) is 35.9 Å². The van der Waals surface area contributed by atoms with Crippen molar-refractivity contribution in [2.75, 3.05) is 6.54 Å². The largest absolute Gasteiger partial charge is 0.457 e. The number of esters is 1. The van der Waals surface area contributed by atoms with Crippen molar-refractivity contribution in [3.05, 3.63) is 70.5 Å². The Morgan fingerprint density at radius 3 is 2.88 bits per heavy atom. The van der Waals surface area contributed by atoms with Crippen molar-refractivity contribution in [1.29, 1.82) is 0 Å². The zero-order valence-electron chi connectivity index (χ0n) is 13.3. The van der Waals surface area contributed by atoms with Crippen LogP contribution in [0.3, 0.4) is 0 Å². The highest BCUT2D eigenvalue weighted by atomic mass is 35.5. The molecule has 1 amide bonds. The van der Waals surface area contributed by atoms with Crippen molar-refractivity contribution in [3.8, 4) is 5.75 Å². The molecule has 0 atom stereocenters. The molecule has 1 aromatic carbocycles. The van der Waals surface area contributed by atoms with Crippen molar-refractivity contribution < 1.29 is 18.7 Å². The zero-order valence-corrected chi connectivity index (χ0v) is 15.7. The predicted molar refractivity (Wildman–Crippen MR) is 105 cm³/mol. The minimum Gasteiger partial charge on any atom is -0.457 e. The first-order chi connectivity index (χ1) is 12.5. The van der Waals surface area contributed by atoms with E-state index >= 15 is 0 Å². The summed E-state index contributed by atoms with van der Waals surface area (Å²) in [4.78, 5) is 26.2. The Labute approximate surface area is 164 Å². The molecule has 1 saturated heterocycles. The number of ether oxygens (including phenoxy) is 1. The molecule has 3 rings (SSSR count). The van der Waals surface area contributed by atoms with E-state index in [1.165, 1.54) is 29.0 Å². The second kappa shape index (κ2) is 7.90. The van der Waals surface area contributed by atoms with Crippen molar-refractivity contribution >= 4 is 57.9 Å². The van der Waals surface area contributed by atoms with Crippen LogP contribution in [0.4, 0.5) is 0 Å². The van der Waals surface area contributed by atoms with E-state index in [4.69, 9.17) is 33.0 Å². The predicted octanol–water partition coefficient (Wildman–Crippen LogP) is 4.54. The van der Waals surface area contributed by atoms with Gasteiger partial charge in [0, 0.05) is 6.54 Å². The van der Waals surface area contributed by atoms with Gasteiger partial charge < -0.3 is 9.15 Å². The molecule has 1 fully saturated rings. The first-order valence-corrected chi connectivity index (χ1v) is 9.01. The minimum atomic E-state index is -0.644. The molecule has 8 heteroatoms. The summed E-state index contributed by atoms with van der Waals surface area (Å²) in [6.45, 7) is 3.98. The van der Waals surface area contributed by atoms with E-state index in [9.17, 15) is 9.59 Å². The Morgan fingerprint density at radius 2 is 2.23 bits per heavy atom. The van der Waals surface area contributed by atoms with Gasteiger partial charge in [0.05, 0.1) is 16.2 Å². The highest BCUT2D eigenvalue weighted by Crippen LogP contribution is 2.34. The summed E-state index contributed by atoms with van der Waals surface area (Å²) in [7, 11) is 0. The van der Waals surface area contributed by atoms with Crippen molar-refractivity contribution in [1.82, 2.24) is 4.90 Å². The van der Waals surface area contributed by atoms with E-state index in [2.05, 4.69) is 6.58 Å². The maximum atomic E-state index is 12.3. The van der Waals surface area contributed by atoms with Gasteiger partial charge in [0.25, 0.3) is 5.91 Å². The third-order valence-corrected chi connectivity index (χ3v) is 5.04. The van der Waals surface area contributed by atoms with Crippen LogP contribution in [0.2, 0.25) is 5.02 Å². The molecule has 0 N–H and O–H groups in total. The Balaban J connectivity index is 1.77. The van der Waals surface area contributed by atoms with Crippen LogP contribution in [0.25, 0.3) is 6.08 Å². The molecule has 0 radical (unpaired) electrons. The summed E-state index contributed by atoms with van der Waals surface area (Å²) in [6, 6.07) is 7.93. The van der Waals surface area contributed by atoms with Gasteiger partial charge in [0.15, 0.2) is 0 Å². The molecule has 1 aromatic heterocycles. The van der Waals surface area contributed by atoms with Crippen LogP contribution in [0.1, 0.15) is 16.1 Å². The number of thioether (sulfide) groups is 1. The third kappa shape index (κ3) is 3.90. The average molecular weight is 406 g/mol. The molecule has 1 aliphatic rings. The number of hydrogen-bond donors (Lipinski definition) is 0. The number of halogens is 1. The van der Waals surface area contributed by atoms with Crippen molar-refractivity contribution in [2.24, 2.45) is 0 Å². The lowest BCUT2D eigenvalue weighted by atomic mass is 10.2. The molecule has 1 aliphatic heterocycles. The molecule has 132 valence electrons. The molecule has 0 bridgehead atoms. The van der Waals surface area contributed by atoms with Gasteiger partial charge in [0.2, 0.25) is 5.76 Å². The lowest BCUT2D eigenvalue weighted by Gasteiger charge is -2.10. The van der Waals surface area contributed by atoms with Crippen LogP contribution in [-0.2, 0) is 4.79 Å². The summed E-state index contributed by atoms with van der Waals surface area (Å²) in [5.74, 6) is -0.542. The van der Waals surface area contributed by atoms with E-state index in [1.807, 2.05) is 0 Å². The number of carbonyl (C=O) groups excluding carboxylic acids is 2. The Morgan fingerprint density at radius 1 is 1.42 bits per heavy atom. The van der Waals surface area contributed by atoms with Crippen molar-refractivity contribution in [2.45, 2.75) is 0 Å². The highest BCUT2D eigenvalue weighted by molar-refractivity contribution is 8.26. The third-order valence-electron chi connectivity index (χ3n) is 3.36. The van der Waals surface area contributed by atoms with Crippen LogP contribution in [-0.4, -0.2) is 27.6 Å². The Hall–Kier alpha value is -2.35.